The molecular weight excluding hydrogens is 368 g/mol. The Hall–Kier alpha value is -3.12. The summed E-state index contributed by atoms with van der Waals surface area (Å²) in [5, 5.41) is 3.95. The van der Waals surface area contributed by atoms with Crippen LogP contribution in [0, 0.1) is 13.8 Å². The lowest BCUT2D eigenvalue weighted by Gasteiger charge is -2.33. The molecule has 1 fully saturated rings. The fraction of sp³-hybridized carbons (Fsp3) is 0.304. The number of nitrogens with zero attached hydrogens (tertiary/aromatic N) is 2. The number of amides is 1. The molecule has 3 aromatic rings. The van der Waals surface area contributed by atoms with Crippen molar-refractivity contribution in [2.24, 2.45) is 0 Å². The van der Waals surface area contributed by atoms with Crippen molar-refractivity contribution < 1.29 is 18.8 Å². The maximum Gasteiger partial charge on any atom is 0.257 e. The monoisotopic (exact) mass is 392 g/mol. The molecule has 1 unspecified atom stereocenters. The third-order valence-electron chi connectivity index (χ3n) is 5.20. The Labute approximate surface area is 170 Å². The van der Waals surface area contributed by atoms with E-state index in [0.29, 0.717) is 37.6 Å². The highest BCUT2D eigenvalue weighted by Gasteiger charge is 2.27. The number of aryl methyl sites for hydroxylation is 2. The van der Waals surface area contributed by atoms with Gasteiger partial charge in [0.15, 0.2) is 0 Å². The summed E-state index contributed by atoms with van der Waals surface area (Å²) >= 11 is 0. The summed E-state index contributed by atoms with van der Waals surface area (Å²) in [5.74, 6) is 1.23. The lowest BCUT2D eigenvalue weighted by atomic mass is 10.1. The number of hydrogen-bond acceptors (Lipinski definition) is 5. The van der Waals surface area contributed by atoms with Gasteiger partial charge in [-0.2, -0.15) is 0 Å². The summed E-state index contributed by atoms with van der Waals surface area (Å²) < 4.78 is 17.1. The van der Waals surface area contributed by atoms with E-state index in [0.717, 1.165) is 22.6 Å². The Bertz CT molecular complexity index is 964. The summed E-state index contributed by atoms with van der Waals surface area (Å²) in [4.78, 5) is 15.1. The van der Waals surface area contributed by atoms with Gasteiger partial charge in [0.2, 0.25) is 0 Å². The fourth-order valence-electron chi connectivity index (χ4n) is 3.50. The molecule has 2 aromatic carbocycles. The highest BCUT2D eigenvalue weighted by atomic mass is 16.5. The number of para-hydroxylation sites is 1. The molecule has 1 aromatic heterocycles. The van der Waals surface area contributed by atoms with Crippen LogP contribution in [0.1, 0.15) is 39.0 Å². The van der Waals surface area contributed by atoms with Gasteiger partial charge in [0.25, 0.3) is 5.91 Å². The first kappa shape index (κ1) is 19.2. The topological polar surface area (TPSA) is 64.8 Å². The Kier molecular flexibility index (Phi) is 5.62. The molecule has 1 aliphatic heterocycles. The van der Waals surface area contributed by atoms with Gasteiger partial charge in [0, 0.05) is 6.54 Å². The van der Waals surface area contributed by atoms with Gasteiger partial charge in [-0.1, -0.05) is 47.6 Å². The first-order valence-corrected chi connectivity index (χ1v) is 9.73. The molecule has 1 atom stereocenters. The number of benzene rings is 2. The lowest BCUT2D eigenvalue weighted by Crippen LogP contribution is -2.42. The van der Waals surface area contributed by atoms with Crippen LogP contribution in [0.3, 0.4) is 0 Å². The number of morpholine rings is 1. The highest BCUT2D eigenvalue weighted by Crippen LogP contribution is 2.27. The smallest absolute Gasteiger partial charge is 0.257 e. The van der Waals surface area contributed by atoms with Crippen molar-refractivity contribution in [1.29, 1.82) is 0 Å². The Morgan fingerprint density at radius 2 is 1.90 bits per heavy atom. The molecule has 0 aliphatic carbocycles. The number of carbonyl (C=O) groups is 1. The van der Waals surface area contributed by atoms with Gasteiger partial charge in [-0.3, -0.25) is 4.79 Å². The normalized spacial score (nSPS) is 16.6. The number of ether oxygens (including phenoxy) is 2. The van der Waals surface area contributed by atoms with Gasteiger partial charge in [0.1, 0.15) is 24.2 Å². The summed E-state index contributed by atoms with van der Waals surface area (Å²) in [7, 11) is 0. The van der Waals surface area contributed by atoms with E-state index in [4.69, 9.17) is 14.0 Å². The van der Waals surface area contributed by atoms with Gasteiger partial charge >= 0.3 is 0 Å². The van der Waals surface area contributed by atoms with Crippen LogP contribution in [0.5, 0.6) is 5.75 Å². The van der Waals surface area contributed by atoms with Gasteiger partial charge < -0.3 is 18.9 Å². The average molecular weight is 392 g/mol. The summed E-state index contributed by atoms with van der Waals surface area (Å²) in [5.41, 5.74) is 3.33. The minimum absolute atomic E-state index is 0.0522. The molecule has 4 rings (SSSR count). The quantitative estimate of drug-likeness (QED) is 0.655. The van der Waals surface area contributed by atoms with Gasteiger partial charge in [0.05, 0.1) is 30.0 Å². The van der Waals surface area contributed by atoms with Crippen molar-refractivity contribution in [3.8, 4) is 5.75 Å². The predicted octanol–water partition coefficient (Wildman–Crippen LogP) is 4.08. The Balaban J connectivity index is 1.50. The fourth-order valence-corrected chi connectivity index (χ4v) is 3.50. The Morgan fingerprint density at radius 3 is 2.66 bits per heavy atom. The third kappa shape index (κ3) is 4.17. The number of rotatable bonds is 5. The van der Waals surface area contributed by atoms with Crippen LogP contribution in [0.25, 0.3) is 0 Å². The molecule has 0 radical (unpaired) electrons. The van der Waals surface area contributed by atoms with Crippen molar-refractivity contribution in [2.75, 3.05) is 19.7 Å². The molecule has 150 valence electrons. The molecule has 29 heavy (non-hydrogen) atoms. The van der Waals surface area contributed by atoms with Crippen LogP contribution in [0.4, 0.5) is 0 Å². The largest absolute Gasteiger partial charge is 0.488 e. The van der Waals surface area contributed by atoms with Crippen molar-refractivity contribution in [1.82, 2.24) is 10.1 Å². The van der Waals surface area contributed by atoms with Crippen molar-refractivity contribution >= 4 is 5.91 Å². The van der Waals surface area contributed by atoms with Crippen LogP contribution in [0.15, 0.2) is 59.1 Å². The third-order valence-corrected chi connectivity index (χ3v) is 5.20. The summed E-state index contributed by atoms with van der Waals surface area (Å²) in [6, 6.07) is 17.3. The second kappa shape index (κ2) is 8.49. The minimum atomic E-state index is -0.121. The number of hydrogen-bond donors (Lipinski definition) is 0. The zero-order valence-corrected chi connectivity index (χ0v) is 16.6. The van der Waals surface area contributed by atoms with E-state index in [1.165, 1.54) is 0 Å². The van der Waals surface area contributed by atoms with Crippen molar-refractivity contribution in [3.63, 3.8) is 0 Å². The molecule has 2 heterocycles. The van der Waals surface area contributed by atoms with Crippen LogP contribution in [0.2, 0.25) is 0 Å². The van der Waals surface area contributed by atoms with E-state index in [9.17, 15) is 4.79 Å². The molecule has 1 saturated heterocycles. The standard InChI is InChI=1S/C23H24N2O4/c1-16-20(17(2)29-24-16)15-28-21-11-7-6-10-19(21)23(26)25-12-13-27-22(14-25)18-8-4-3-5-9-18/h3-11,22H,12-15H2,1-2H3. The summed E-state index contributed by atoms with van der Waals surface area (Å²) in [6.45, 7) is 5.62. The van der Waals surface area contributed by atoms with Gasteiger partial charge in [-0.15, -0.1) is 0 Å². The predicted molar refractivity (Wildman–Crippen MR) is 108 cm³/mol. The van der Waals surface area contributed by atoms with E-state index in [-0.39, 0.29) is 12.0 Å². The molecule has 1 aliphatic rings. The molecule has 0 N–H and O–H groups in total. The van der Waals surface area contributed by atoms with E-state index in [2.05, 4.69) is 5.16 Å². The maximum absolute atomic E-state index is 13.3. The zero-order valence-electron chi connectivity index (χ0n) is 16.6. The maximum atomic E-state index is 13.3. The van der Waals surface area contributed by atoms with Crippen LogP contribution >= 0.6 is 0 Å². The average Bonchev–Trinajstić information content (AvgIpc) is 3.10. The number of aromatic nitrogens is 1. The second-order valence-corrected chi connectivity index (χ2v) is 7.11. The van der Waals surface area contributed by atoms with Gasteiger partial charge in [-0.25, -0.2) is 0 Å². The molecule has 0 spiro atoms. The highest BCUT2D eigenvalue weighted by molar-refractivity contribution is 5.97. The molecule has 6 nitrogen and oxygen atoms in total. The first-order chi connectivity index (χ1) is 14.1. The van der Waals surface area contributed by atoms with Crippen LogP contribution < -0.4 is 4.74 Å². The van der Waals surface area contributed by atoms with E-state index in [1.807, 2.05) is 67.3 Å². The SMILES string of the molecule is Cc1noc(C)c1COc1ccccc1C(=O)N1CCOC(c2ccccc2)C1. The van der Waals surface area contributed by atoms with Crippen molar-refractivity contribution in [2.45, 2.75) is 26.6 Å². The minimum Gasteiger partial charge on any atom is -0.488 e. The molecule has 6 heteroatoms. The van der Waals surface area contributed by atoms with E-state index in [1.54, 1.807) is 6.07 Å². The van der Waals surface area contributed by atoms with E-state index < -0.39 is 0 Å². The van der Waals surface area contributed by atoms with Crippen molar-refractivity contribution in [3.05, 3.63) is 82.7 Å². The van der Waals surface area contributed by atoms with E-state index >= 15 is 0 Å². The summed E-state index contributed by atoms with van der Waals surface area (Å²) in [6.07, 6.45) is -0.121. The number of carbonyl (C=O) groups excluding carboxylic acids is 1. The van der Waals surface area contributed by atoms with Crippen LogP contribution in [-0.2, 0) is 11.3 Å². The molecule has 0 bridgehead atoms. The first-order valence-electron chi connectivity index (χ1n) is 9.73. The van der Waals surface area contributed by atoms with Gasteiger partial charge in [-0.05, 0) is 31.5 Å². The molecule has 0 saturated carbocycles. The lowest BCUT2D eigenvalue weighted by molar-refractivity contribution is -0.0229. The Morgan fingerprint density at radius 1 is 1.14 bits per heavy atom. The zero-order chi connectivity index (χ0) is 20.2. The van der Waals surface area contributed by atoms with Crippen LogP contribution in [-0.4, -0.2) is 35.7 Å². The molecular formula is C23H24N2O4. The second-order valence-electron chi connectivity index (χ2n) is 7.11. The molecule has 1 amide bonds.